The summed E-state index contributed by atoms with van der Waals surface area (Å²) in [6.07, 6.45) is 25.1. The van der Waals surface area contributed by atoms with Crippen LogP contribution >= 0.6 is 21.6 Å². The highest BCUT2D eigenvalue weighted by atomic mass is 33.1. The Balaban J connectivity index is 0.763. The smallest absolute Gasteiger partial charge is 0.189 e. The first-order valence-corrected chi connectivity index (χ1v) is 31.5. The molecule has 11 atom stereocenters. The molecule has 4 saturated carbocycles. The quantitative estimate of drug-likeness (QED) is 0.0238. The fourth-order valence-corrected chi connectivity index (χ4v) is 17.6. The van der Waals surface area contributed by atoms with E-state index in [0.717, 1.165) is 84.4 Å². The molecule has 2 bridgehead atoms. The summed E-state index contributed by atoms with van der Waals surface area (Å²) in [5.74, 6) is 8.85. The number of aromatic hydroxyl groups is 1. The van der Waals surface area contributed by atoms with Gasteiger partial charge in [0.1, 0.15) is 24.2 Å². The van der Waals surface area contributed by atoms with E-state index in [2.05, 4.69) is 28.6 Å². The average Bonchev–Trinajstić information content (AvgIpc) is 4.21. The number of H-pyrrole nitrogens is 1. The lowest BCUT2D eigenvalue weighted by atomic mass is 9.66. The molecule has 73 heavy (non-hydrogen) atoms. The fraction of sp³-hybridized carbons (Fsp3) is 0.746. The normalized spacial score (nSPS) is 29.8. The topological polar surface area (TPSA) is 208 Å². The Morgan fingerprint density at radius 2 is 1.75 bits per heavy atom. The van der Waals surface area contributed by atoms with Crippen LogP contribution in [0, 0.1) is 40.9 Å². The zero-order valence-corrected chi connectivity index (χ0v) is 46.0. The summed E-state index contributed by atoms with van der Waals surface area (Å²) in [4.78, 5) is 8.81. The molecule has 14 heteroatoms. The van der Waals surface area contributed by atoms with Crippen LogP contribution in [0.3, 0.4) is 0 Å². The molecule has 1 saturated heterocycles. The van der Waals surface area contributed by atoms with Gasteiger partial charge in [0.05, 0.1) is 18.8 Å². The fourth-order valence-electron chi connectivity index (χ4n) is 14.8. The van der Waals surface area contributed by atoms with E-state index in [1.807, 2.05) is 46.7 Å². The maximum Gasteiger partial charge on any atom is 0.189 e. The van der Waals surface area contributed by atoms with E-state index in [0.29, 0.717) is 78.1 Å². The summed E-state index contributed by atoms with van der Waals surface area (Å²) < 4.78 is 12.6. The highest BCUT2D eigenvalue weighted by molar-refractivity contribution is 8.76. The first-order chi connectivity index (χ1) is 35.4. The lowest BCUT2D eigenvalue weighted by Gasteiger charge is -2.40. The second-order valence-corrected chi connectivity index (χ2v) is 26.6. The number of furan rings is 1. The average molecular weight is 1050 g/mol. The number of ether oxygens (including phenoxy) is 1. The summed E-state index contributed by atoms with van der Waals surface area (Å²) in [6.45, 7) is 5.57. The molecule has 6 aliphatic rings. The number of unbranched alkanes of at least 4 members (excludes halogenated alkanes) is 1. The van der Waals surface area contributed by atoms with Crippen molar-refractivity contribution in [2.24, 2.45) is 57.4 Å². The summed E-state index contributed by atoms with van der Waals surface area (Å²) in [5.41, 5.74) is 19.0. The number of aliphatic hydroxyl groups excluding tert-OH is 3. The number of aliphatic imine (C=N–C) groups is 1. The van der Waals surface area contributed by atoms with Gasteiger partial charge >= 0.3 is 0 Å². The number of nitrogens with one attached hydrogen (secondary N) is 3. The van der Waals surface area contributed by atoms with E-state index in [9.17, 15) is 20.4 Å². The maximum absolute atomic E-state index is 11.6. The van der Waals surface area contributed by atoms with Gasteiger partial charge in [-0.2, -0.15) is 0 Å². The van der Waals surface area contributed by atoms with Gasteiger partial charge in [-0.15, -0.1) is 0 Å². The Kier molecular flexibility index (Phi) is 19.6. The lowest BCUT2D eigenvalue weighted by molar-refractivity contribution is 0.101. The van der Waals surface area contributed by atoms with Crippen LogP contribution in [-0.2, 0) is 32.3 Å². The van der Waals surface area contributed by atoms with Gasteiger partial charge in [-0.05, 0) is 167 Å². The third kappa shape index (κ3) is 14.0. The Bertz CT molecular complexity index is 2220. The predicted molar refractivity (Wildman–Crippen MR) is 298 cm³/mol. The minimum Gasteiger partial charge on any atom is -0.504 e. The van der Waals surface area contributed by atoms with E-state index >= 15 is 0 Å². The minimum absolute atomic E-state index is 0.0105. The van der Waals surface area contributed by atoms with Crippen LogP contribution in [0.25, 0.3) is 0 Å². The highest BCUT2D eigenvalue weighted by Crippen LogP contribution is 2.60. The first-order valence-electron chi connectivity index (χ1n) is 29.0. The number of aryl methyl sites for hydroxylation is 3. The molecule has 1 aromatic carbocycles. The van der Waals surface area contributed by atoms with E-state index in [1.54, 1.807) is 6.07 Å². The van der Waals surface area contributed by atoms with Crippen molar-refractivity contribution in [2.45, 2.75) is 204 Å². The van der Waals surface area contributed by atoms with Crippen molar-refractivity contribution in [3.05, 3.63) is 69.9 Å². The van der Waals surface area contributed by atoms with E-state index in [4.69, 9.17) is 25.6 Å². The zero-order valence-electron chi connectivity index (χ0n) is 44.3. The molecule has 2 aromatic heterocycles. The van der Waals surface area contributed by atoms with Crippen molar-refractivity contribution in [3.63, 3.8) is 0 Å². The van der Waals surface area contributed by atoms with Crippen LogP contribution in [0.5, 0.6) is 11.5 Å². The number of phenols is 1. The molecule has 0 radical (unpaired) electrons. The predicted octanol–water partition coefficient (Wildman–Crippen LogP) is 10.4. The third-order valence-electron chi connectivity index (χ3n) is 18.9. The summed E-state index contributed by atoms with van der Waals surface area (Å²) in [6, 6.07) is 10.6. The minimum atomic E-state index is -0.888. The molecule has 1 aliphatic heterocycles. The number of nitrogens with zero attached hydrogens (tertiary/aromatic N) is 1. The van der Waals surface area contributed by atoms with Crippen LogP contribution in [0.4, 0.5) is 0 Å². The van der Waals surface area contributed by atoms with Crippen molar-refractivity contribution < 1.29 is 29.6 Å². The standard InChI is InChI=1S/C59H92N6O6S2/c1-37-17-20-41-26-43(35-72-73-36-53(37)65-58(61)63-44-12-4-3-5-13-44)50(60)28-40(41)11-6-7-16-56-42(33-66)27-45(71-56)21-18-39-19-22-54(68)57(25-39)70-34-55(69)51-29-47-48(32-62-31-38(2)67)46-14-10-15-49(46)59(23-8-9-24-59)30-52(47)64-51/h19,22,25,27,29,37-38,40-41,43-44,46,48-50,53,55,62,64,66-69H,3-18,20-21,23-24,26,28,30-36,60H2,1-2H3,(H3,61,63,65). The van der Waals surface area contributed by atoms with Crippen LogP contribution in [0.1, 0.15) is 187 Å². The molecular formula is C59H92N6O6S2. The number of rotatable bonds is 19. The van der Waals surface area contributed by atoms with Crippen LogP contribution in [0.15, 0.2) is 39.7 Å². The van der Waals surface area contributed by atoms with Crippen LogP contribution in [0.2, 0.25) is 0 Å². The number of nitrogens with two attached hydrogens (primary N) is 2. The molecule has 9 rings (SSSR count). The summed E-state index contributed by atoms with van der Waals surface area (Å²) in [5, 5.41) is 50.1. The third-order valence-corrected chi connectivity index (χ3v) is 21.4. The molecule has 3 aromatic rings. The van der Waals surface area contributed by atoms with Gasteiger partial charge in [0.2, 0.25) is 0 Å². The number of fused-ring (bicyclic) bond motifs is 5. The van der Waals surface area contributed by atoms with Crippen LogP contribution < -0.4 is 26.8 Å². The number of benzene rings is 1. The molecule has 1 spiro atoms. The van der Waals surface area contributed by atoms with E-state index in [-0.39, 0.29) is 31.0 Å². The van der Waals surface area contributed by atoms with Crippen molar-refractivity contribution in [3.8, 4) is 11.5 Å². The molecule has 5 fully saturated rings. The van der Waals surface area contributed by atoms with Crippen molar-refractivity contribution in [1.82, 2.24) is 15.6 Å². The molecular weight excluding hydrogens is 953 g/mol. The monoisotopic (exact) mass is 1040 g/mol. The van der Waals surface area contributed by atoms with Gasteiger partial charge in [0.15, 0.2) is 17.5 Å². The number of phenolic OH excluding ortho intramolecular Hbond substituents is 1. The second kappa shape index (κ2) is 26.0. The molecule has 5 aliphatic carbocycles. The molecule has 11 N–H and O–H groups in total. The summed E-state index contributed by atoms with van der Waals surface area (Å²) >= 11 is 0. The van der Waals surface area contributed by atoms with Crippen LogP contribution in [-0.4, -0.2) is 86.8 Å². The molecule has 0 amide bonds. The number of hydrogen-bond acceptors (Lipinski definition) is 11. The Hall–Kier alpha value is -2.85. The first kappa shape index (κ1) is 54.9. The van der Waals surface area contributed by atoms with Gasteiger partial charge in [0.25, 0.3) is 0 Å². The maximum atomic E-state index is 11.6. The van der Waals surface area contributed by atoms with Gasteiger partial charge in [-0.1, -0.05) is 85.9 Å². The SMILES string of the molecule is CC(O)CNCC1c2cc(C(O)COc3cc(CCc4cc(CO)c(CCCCC5CC(N)C6CSSCC(N=C(N)NC7CCCCC7)C(C)CCC5C6)o4)ccc3O)[nH]c2CC2(CCCC2)C2CCCC12. The van der Waals surface area contributed by atoms with Crippen molar-refractivity contribution in [1.29, 1.82) is 0 Å². The largest absolute Gasteiger partial charge is 0.504 e. The van der Waals surface area contributed by atoms with Crippen molar-refractivity contribution in [2.75, 3.05) is 31.2 Å². The van der Waals surface area contributed by atoms with E-state index < -0.39 is 12.2 Å². The number of aromatic amines is 1. The molecule has 3 heterocycles. The Morgan fingerprint density at radius 3 is 2.56 bits per heavy atom. The Morgan fingerprint density at radius 1 is 0.932 bits per heavy atom. The number of aromatic nitrogens is 1. The molecule has 12 nitrogen and oxygen atoms in total. The second-order valence-electron chi connectivity index (χ2n) is 24.0. The van der Waals surface area contributed by atoms with Gasteiger partial charge in [-0.3, -0.25) is 0 Å². The number of guanidine groups is 1. The number of hydrogen-bond donors (Lipinski definition) is 9. The molecule has 406 valence electrons. The van der Waals surface area contributed by atoms with Gasteiger partial charge in [0, 0.05) is 72.4 Å². The van der Waals surface area contributed by atoms with Crippen molar-refractivity contribution >= 4 is 27.5 Å². The number of aliphatic hydroxyl groups is 3. The summed E-state index contributed by atoms with van der Waals surface area (Å²) in [7, 11) is 3.94. The zero-order chi connectivity index (χ0) is 50.9. The molecule has 11 unspecified atom stereocenters. The van der Waals surface area contributed by atoms with Gasteiger partial charge in [-0.25, -0.2) is 4.99 Å². The van der Waals surface area contributed by atoms with E-state index in [1.165, 1.54) is 114 Å². The Labute approximate surface area is 445 Å². The lowest BCUT2D eigenvalue weighted by Crippen LogP contribution is -2.42. The highest BCUT2D eigenvalue weighted by Gasteiger charge is 2.52. The van der Waals surface area contributed by atoms with Gasteiger partial charge < -0.3 is 56.7 Å².